The molecule has 0 saturated carbocycles. The topological polar surface area (TPSA) is 55.2 Å². The average molecular weight is 224 g/mol. The van der Waals surface area contributed by atoms with E-state index in [0.717, 1.165) is 17.7 Å². The van der Waals surface area contributed by atoms with Gasteiger partial charge < -0.3 is 9.84 Å². The molecule has 1 aromatic rings. The number of ether oxygens (including phenoxy) is 1. The standard InChI is InChI=1S/C12H20N2O2/c1-5-11(16-6-2)12-13-7-10(9(4)15)8(3)14-12/h7,9,11,15H,5-6H2,1-4H3. The maximum atomic E-state index is 9.48. The van der Waals surface area contributed by atoms with E-state index in [2.05, 4.69) is 9.97 Å². The maximum absolute atomic E-state index is 9.48. The Morgan fingerprint density at radius 3 is 2.56 bits per heavy atom. The van der Waals surface area contributed by atoms with Crippen LogP contribution in [0, 0.1) is 6.92 Å². The van der Waals surface area contributed by atoms with Crippen LogP contribution in [0.3, 0.4) is 0 Å². The van der Waals surface area contributed by atoms with E-state index in [-0.39, 0.29) is 6.10 Å². The molecule has 0 saturated heterocycles. The van der Waals surface area contributed by atoms with Crippen molar-refractivity contribution < 1.29 is 9.84 Å². The third kappa shape index (κ3) is 3.00. The zero-order valence-corrected chi connectivity index (χ0v) is 10.4. The third-order valence-corrected chi connectivity index (χ3v) is 2.51. The zero-order chi connectivity index (χ0) is 12.1. The highest BCUT2D eigenvalue weighted by Gasteiger charge is 2.15. The second-order valence-electron chi connectivity index (χ2n) is 3.80. The molecule has 90 valence electrons. The lowest BCUT2D eigenvalue weighted by molar-refractivity contribution is 0.0531. The number of hydrogen-bond donors (Lipinski definition) is 1. The van der Waals surface area contributed by atoms with E-state index in [9.17, 15) is 5.11 Å². The quantitative estimate of drug-likeness (QED) is 0.834. The molecule has 4 nitrogen and oxygen atoms in total. The van der Waals surface area contributed by atoms with Crippen molar-refractivity contribution in [3.63, 3.8) is 0 Å². The van der Waals surface area contributed by atoms with Crippen molar-refractivity contribution in [2.75, 3.05) is 6.61 Å². The predicted molar refractivity (Wildman–Crippen MR) is 62.1 cm³/mol. The first-order chi connectivity index (χ1) is 7.60. The van der Waals surface area contributed by atoms with Gasteiger partial charge in [0, 0.05) is 24.1 Å². The molecular weight excluding hydrogens is 204 g/mol. The fourth-order valence-corrected chi connectivity index (χ4v) is 1.64. The van der Waals surface area contributed by atoms with Crippen LogP contribution in [0.25, 0.3) is 0 Å². The van der Waals surface area contributed by atoms with Crippen molar-refractivity contribution in [1.82, 2.24) is 9.97 Å². The largest absolute Gasteiger partial charge is 0.389 e. The summed E-state index contributed by atoms with van der Waals surface area (Å²) in [5.41, 5.74) is 1.59. The van der Waals surface area contributed by atoms with Gasteiger partial charge >= 0.3 is 0 Å². The number of aromatic nitrogens is 2. The van der Waals surface area contributed by atoms with Gasteiger partial charge in [0.1, 0.15) is 6.10 Å². The van der Waals surface area contributed by atoms with Crippen LogP contribution >= 0.6 is 0 Å². The molecule has 1 rings (SSSR count). The molecule has 0 bridgehead atoms. The highest BCUT2D eigenvalue weighted by Crippen LogP contribution is 2.20. The summed E-state index contributed by atoms with van der Waals surface area (Å²) in [5, 5.41) is 9.48. The summed E-state index contributed by atoms with van der Waals surface area (Å²) in [5.74, 6) is 0.700. The Balaban J connectivity index is 2.95. The van der Waals surface area contributed by atoms with Crippen LogP contribution < -0.4 is 0 Å². The van der Waals surface area contributed by atoms with Gasteiger partial charge in [-0.2, -0.15) is 0 Å². The Bertz CT molecular complexity index is 340. The van der Waals surface area contributed by atoms with Crippen LogP contribution in [0.2, 0.25) is 0 Å². The van der Waals surface area contributed by atoms with Crippen LogP contribution in [-0.2, 0) is 4.74 Å². The number of aliphatic hydroxyl groups excluding tert-OH is 1. The van der Waals surface area contributed by atoms with Crippen molar-refractivity contribution in [1.29, 1.82) is 0 Å². The van der Waals surface area contributed by atoms with Gasteiger partial charge in [0.2, 0.25) is 0 Å². The first kappa shape index (κ1) is 13.1. The minimum absolute atomic E-state index is 0.0493. The Labute approximate surface area is 96.7 Å². The van der Waals surface area contributed by atoms with Crippen molar-refractivity contribution >= 4 is 0 Å². The second kappa shape index (κ2) is 5.92. The summed E-state index contributed by atoms with van der Waals surface area (Å²) in [6.07, 6.45) is 1.96. The summed E-state index contributed by atoms with van der Waals surface area (Å²) in [6, 6.07) is 0. The molecule has 0 aromatic carbocycles. The van der Waals surface area contributed by atoms with Crippen molar-refractivity contribution in [3.8, 4) is 0 Å². The molecule has 0 aliphatic heterocycles. The lowest BCUT2D eigenvalue weighted by Gasteiger charge is -2.15. The monoisotopic (exact) mass is 224 g/mol. The van der Waals surface area contributed by atoms with Gasteiger partial charge in [0.05, 0.1) is 6.10 Å². The third-order valence-electron chi connectivity index (χ3n) is 2.51. The number of rotatable bonds is 5. The highest BCUT2D eigenvalue weighted by molar-refractivity contribution is 5.18. The van der Waals surface area contributed by atoms with Crippen LogP contribution in [-0.4, -0.2) is 21.7 Å². The molecule has 0 fully saturated rings. The molecule has 0 aliphatic carbocycles. The summed E-state index contributed by atoms with van der Waals surface area (Å²) in [6.45, 7) is 8.25. The van der Waals surface area contributed by atoms with Gasteiger partial charge in [-0.25, -0.2) is 9.97 Å². The molecule has 1 N–H and O–H groups in total. The predicted octanol–water partition coefficient (Wildman–Crippen LogP) is 2.33. The van der Waals surface area contributed by atoms with Crippen molar-refractivity contribution in [2.24, 2.45) is 0 Å². The molecule has 0 aliphatic rings. The van der Waals surface area contributed by atoms with Crippen LogP contribution in [0.5, 0.6) is 0 Å². The highest BCUT2D eigenvalue weighted by atomic mass is 16.5. The fraction of sp³-hybridized carbons (Fsp3) is 0.667. The molecule has 1 heterocycles. The molecule has 0 radical (unpaired) electrons. The van der Waals surface area contributed by atoms with E-state index in [1.54, 1.807) is 13.1 Å². The van der Waals surface area contributed by atoms with E-state index in [4.69, 9.17) is 4.74 Å². The van der Waals surface area contributed by atoms with Gasteiger partial charge in [-0.1, -0.05) is 6.92 Å². The van der Waals surface area contributed by atoms with E-state index in [1.165, 1.54) is 0 Å². The number of aryl methyl sites for hydroxylation is 1. The first-order valence-electron chi connectivity index (χ1n) is 5.73. The summed E-state index contributed by atoms with van der Waals surface area (Å²) < 4.78 is 5.55. The average Bonchev–Trinajstić information content (AvgIpc) is 2.25. The van der Waals surface area contributed by atoms with Gasteiger partial charge in [-0.3, -0.25) is 0 Å². The molecule has 2 atom stereocenters. The molecular formula is C12H20N2O2. The lowest BCUT2D eigenvalue weighted by atomic mass is 10.1. The summed E-state index contributed by atoms with van der Waals surface area (Å²) in [7, 11) is 0. The van der Waals surface area contributed by atoms with Gasteiger partial charge in [0.25, 0.3) is 0 Å². The smallest absolute Gasteiger partial charge is 0.157 e. The Hall–Kier alpha value is -1.00. The van der Waals surface area contributed by atoms with Gasteiger partial charge in [0.15, 0.2) is 5.82 Å². The molecule has 0 amide bonds. The van der Waals surface area contributed by atoms with E-state index >= 15 is 0 Å². The Kier molecular flexibility index (Phi) is 4.83. The normalized spacial score (nSPS) is 14.8. The summed E-state index contributed by atoms with van der Waals surface area (Å²) >= 11 is 0. The Morgan fingerprint density at radius 1 is 1.44 bits per heavy atom. The van der Waals surface area contributed by atoms with Crippen molar-refractivity contribution in [2.45, 2.75) is 46.3 Å². The minimum Gasteiger partial charge on any atom is -0.389 e. The molecule has 16 heavy (non-hydrogen) atoms. The van der Waals surface area contributed by atoms with E-state index in [0.29, 0.717) is 12.4 Å². The maximum Gasteiger partial charge on any atom is 0.157 e. The lowest BCUT2D eigenvalue weighted by Crippen LogP contribution is -2.10. The molecule has 0 spiro atoms. The van der Waals surface area contributed by atoms with Gasteiger partial charge in [-0.15, -0.1) is 0 Å². The SMILES string of the molecule is CCOC(CC)c1ncc(C(C)O)c(C)n1. The van der Waals surface area contributed by atoms with Crippen LogP contribution in [0.15, 0.2) is 6.20 Å². The minimum atomic E-state index is -0.527. The van der Waals surface area contributed by atoms with E-state index in [1.807, 2.05) is 20.8 Å². The molecule has 1 aromatic heterocycles. The second-order valence-corrected chi connectivity index (χ2v) is 3.80. The number of nitrogens with zero attached hydrogens (tertiary/aromatic N) is 2. The van der Waals surface area contributed by atoms with Gasteiger partial charge in [-0.05, 0) is 27.2 Å². The molecule has 4 heteroatoms. The van der Waals surface area contributed by atoms with E-state index < -0.39 is 6.10 Å². The number of aliphatic hydroxyl groups is 1. The van der Waals surface area contributed by atoms with Crippen molar-refractivity contribution in [3.05, 3.63) is 23.3 Å². The summed E-state index contributed by atoms with van der Waals surface area (Å²) in [4.78, 5) is 8.64. The zero-order valence-electron chi connectivity index (χ0n) is 10.4. The van der Waals surface area contributed by atoms with Crippen LogP contribution in [0.1, 0.15) is 56.5 Å². The molecule has 2 unspecified atom stereocenters. The first-order valence-corrected chi connectivity index (χ1v) is 5.73. The fourth-order valence-electron chi connectivity index (χ4n) is 1.64. The number of hydrogen-bond acceptors (Lipinski definition) is 4. The Morgan fingerprint density at radius 2 is 2.12 bits per heavy atom. The van der Waals surface area contributed by atoms with Crippen LogP contribution in [0.4, 0.5) is 0 Å².